The molecule has 0 N–H and O–H groups in total. The Morgan fingerprint density at radius 2 is 0.371 bits per heavy atom. The van der Waals surface area contributed by atoms with E-state index in [1.807, 2.05) is 0 Å². The number of nitrogens with zero attached hydrogens (tertiary/aromatic N) is 12. The van der Waals surface area contributed by atoms with E-state index in [-0.39, 0.29) is 197 Å². The number of rotatable bonds is 9. The van der Waals surface area contributed by atoms with Crippen molar-refractivity contribution in [1.82, 2.24) is 59.8 Å². The van der Waals surface area contributed by atoms with Gasteiger partial charge in [-0.1, -0.05) is 72.8 Å². The van der Waals surface area contributed by atoms with Gasteiger partial charge in [-0.25, -0.2) is 29.9 Å². The average molecular weight is 1400 g/mol. The van der Waals surface area contributed by atoms with E-state index in [9.17, 15) is 69.3 Å². The van der Waals surface area contributed by atoms with Crippen molar-refractivity contribution in [2.24, 2.45) is 0 Å². The molecule has 97 heavy (non-hydrogen) atoms. The zero-order chi connectivity index (χ0) is 65.3. The Bertz CT molecular complexity index is 5880. The van der Waals surface area contributed by atoms with Gasteiger partial charge in [-0.2, -0.15) is 0 Å². The molecular formula is C68H27Mn3N12O14-7. The first-order valence-electron chi connectivity index (χ1n) is 27.9. The van der Waals surface area contributed by atoms with Crippen molar-refractivity contribution in [2.45, 2.75) is 6.92 Å². The molecule has 0 aliphatic carbocycles. The smallest absolute Gasteiger partial charge is 0.657 e. The Kier molecular flexibility index (Phi) is 16.4. The van der Waals surface area contributed by atoms with E-state index in [2.05, 4.69) is 19.9 Å². The predicted octanol–water partition coefficient (Wildman–Crippen LogP) is 0.548. The van der Waals surface area contributed by atoms with E-state index in [1.54, 1.807) is 19.1 Å². The molecule has 24 bridgehead atoms. The molecule has 26 nitrogen and oxygen atoms in total. The van der Waals surface area contributed by atoms with E-state index in [1.165, 1.54) is 134 Å². The SMILES string of the molecule is Cc1c2nc(c(C(=O)[O-])c3ccc([n-]3)c(-c3c4nc(c(C(=O)[O-])c5ccc([n-]5)c(-c5c6nc(c(C(=O)[O-])c7ccc([n-]7)c(C(=O)[O-])c7nc(c(C(=O)[O-])c8ccc5[n-]8)C=C7)C=C6)c5nc(c(C(=O)[O-])c6ccc3[n-]6)C=C5)C=C4)c3nc(c(C(=O)[O-])c4ccc1[n-]4)C=C3)C=C2.[Mn+2].[Mn+2].[Mn+2]. The summed E-state index contributed by atoms with van der Waals surface area (Å²) in [4.78, 5) is 149. The first kappa shape index (κ1) is 64.7. The van der Waals surface area contributed by atoms with Gasteiger partial charge in [0.25, 0.3) is 0 Å². The molecule has 29 heteroatoms. The van der Waals surface area contributed by atoms with Gasteiger partial charge in [-0.3, -0.25) is 0 Å². The fraction of sp³-hybridized carbons (Fsp3) is 0.0147. The molecule has 0 fully saturated rings. The normalized spacial score (nSPS) is 12.3. The van der Waals surface area contributed by atoms with Crippen molar-refractivity contribution in [2.75, 3.05) is 0 Å². The molecule has 9 aromatic heterocycles. The number of aromatic carboxylic acids is 7. The summed E-state index contributed by atoms with van der Waals surface area (Å²) < 4.78 is 0. The average Bonchev–Trinajstić information content (AvgIpc) is 1.62. The van der Waals surface area contributed by atoms with Crippen molar-refractivity contribution < 1.29 is 121 Å². The summed E-state index contributed by atoms with van der Waals surface area (Å²) in [5.74, 6) is -12.3. The second kappa shape index (κ2) is 24.5. The van der Waals surface area contributed by atoms with Crippen molar-refractivity contribution in [3.05, 3.63) is 186 Å². The standard InChI is InChI=1S/C68H40N12O14.3Mn/c1-26-27-2-4-37(69-27)55(62(81)82)39-14-6-29(71-39)51(30-7-15-40(72-30)56(63(83)84)38-5-3-28(26)70-38)52-31-8-16-41(73-31)57(64(85)86)43-18-10-33(75-43)53(34-11-19-44(76-34)58(65(87)88)42-17-9-32(52)74-42)54-35-12-20-45(77-35)59(66(89)90)47-22-24-49(79-47)61(68(93)94)50-25-23-48(80-50)60(67(91)92)46-21-13-36(54)78-46;;;/h2-25H,1H3,(H13,69,70,71,72,73,74,75,76,77,78,79,80,81,82,83,84,85,86,87,88,89,90,91,92,93,94);;;/q;3*+2/p-13. The van der Waals surface area contributed by atoms with Crippen LogP contribution in [0, 0.1) is 6.92 Å². The maximum atomic E-state index is 13.8. The third-order valence-corrected chi connectivity index (χ3v) is 16.0. The Hall–Kier alpha value is -12.4. The first-order valence-corrected chi connectivity index (χ1v) is 27.9. The molecule has 3 radical (unpaired) electrons. The molecule has 0 atom stereocenters. The van der Waals surface area contributed by atoms with Crippen molar-refractivity contribution >= 4 is 181 Å². The van der Waals surface area contributed by atoms with E-state index in [0.29, 0.717) is 16.8 Å². The third-order valence-electron chi connectivity index (χ3n) is 16.0. The van der Waals surface area contributed by atoms with Crippen LogP contribution >= 0.6 is 0 Å². The van der Waals surface area contributed by atoms with Gasteiger partial charge in [0, 0.05) is 38.9 Å². The topological polar surface area (TPSA) is 443 Å². The van der Waals surface area contributed by atoms with Gasteiger partial charge in [-0.05, 0) is 108 Å². The van der Waals surface area contributed by atoms with E-state index < -0.39 is 80.7 Å². The van der Waals surface area contributed by atoms with Crippen LogP contribution in [0.4, 0.5) is 0 Å². The number of aromatic nitrogens is 12. The molecule has 15 rings (SSSR count). The predicted molar refractivity (Wildman–Crippen MR) is 323 cm³/mol. The number of fused-ring (bicyclic) bond motifs is 24. The van der Waals surface area contributed by atoms with Crippen LogP contribution in [-0.2, 0) is 51.2 Å². The van der Waals surface area contributed by atoms with Crippen LogP contribution in [0.2, 0.25) is 0 Å². The molecule has 6 aliphatic heterocycles. The third kappa shape index (κ3) is 10.8. The van der Waals surface area contributed by atoms with Gasteiger partial charge in [-0.15, -0.1) is 66.2 Å². The van der Waals surface area contributed by atoms with Crippen molar-refractivity contribution in [3.63, 3.8) is 0 Å². The summed E-state index contributed by atoms with van der Waals surface area (Å²) in [5, 5.41) is 92.7. The molecule has 0 saturated carbocycles. The largest absolute Gasteiger partial charge is 2.00 e. The maximum absolute atomic E-state index is 13.8. The summed E-state index contributed by atoms with van der Waals surface area (Å²) in [6.07, 6.45) is 16.1. The monoisotopic (exact) mass is 1400 g/mol. The number of carboxylic acids is 7. The zero-order valence-corrected chi connectivity index (χ0v) is 52.1. The van der Waals surface area contributed by atoms with Crippen molar-refractivity contribution in [3.8, 4) is 22.3 Å². The minimum atomic E-state index is -1.80. The van der Waals surface area contributed by atoms with Crippen LogP contribution in [0.5, 0.6) is 0 Å². The van der Waals surface area contributed by atoms with Crippen LogP contribution in [0.1, 0.15) is 146 Å². The molecule has 6 aliphatic rings. The molecule has 0 unspecified atom stereocenters. The maximum Gasteiger partial charge on any atom is 2.00 e. The molecule has 0 spiro atoms. The van der Waals surface area contributed by atoms with Crippen LogP contribution in [0.15, 0.2) is 72.8 Å². The van der Waals surface area contributed by atoms with Crippen molar-refractivity contribution in [1.29, 1.82) is 0 Å². The van der Waals surface area contributed by atoms with Crippen LogP contribution in [0.25, 0.3) is 161 Å². The van der Waals surface area contributed by atoms with Gasteiger partial charge in [0.2, 0.25) is 0 Å². The summed E-state index contributed by atoms with van der Waals surface area (Å²) >= 11 is 0. The summed E-state index contributed by atoms with van der Waals surface area (Å²) in [6, 6.07) is 16.1. The van der Waals surface area contributed by atoms with Gasteiger partial charge in [0.05, 0.1) is 110 Å². The Morgan fingerprint density at radius 1 is 0.227 bits per heavy atom. The molecule has 471 valence electrons. The van der Waals surface area contributed by atoms with Crippen LogP contribution < -0.4 is 65.6 Å². The van der Waals surface area contributed by atoms with E-state index in [0.717, 1.165) is 0 Å². The molecule has 9 aromatic rings. The van der Waals surface area contributed by atoms with Gasteiger partial charge < -0.3 is 99.2 Å². The summed E-state index contributed by atoms with van der Waals surface area (Å²) in [7, 11) is 0. The fourth-order valence-corrected chi connectivity index (χ4v) is 11.9. The van der Waals surface area contributed by atoms with Gasteiger partial charge in [0.15, 0.2) is 0 Å². The molecule has 0 aromatic carbocycles. The van der Waals surface area contributed by atoms with Crippen LogP contribution in [0.3, 0.4) is 0 Å². The zero-order valence-electron chi connectivity index (χ0n) is 48.6. The Labute approximate surface area is 572 Å². The second-order valence-corrected chi connectivity index (χ2v) is 21.3. The summed E-state index contributed by atoms with van der Waals surface area (Å²) in [5.41, 5.74) is -7.28. The number of carboxylic acid groups (broad SMARTS) is 7. The molecular weight excluding hydrogens is 1370 g/mol. The van der Waals surface area contributed by atoms with E-state index >= 15 is 0 Å². The van der Waals surface area contributed by atoms with E-state index in [4.69, 9.17) is 39.9 Å². The van der Waals surface area contributed by atoms with Crippen LogP contribution in [-0.4, -0.2) is 71.7 Å². The number of hydrogen-bond acceptors (Lipinski definition) is 20. The first-order chi connectivity index (χ1) is 45.3. The summed E-state index contributed by atoms with van der Waals surface area (Å²) in [6.45, 7) is 1.67. The fourth-order valence-electron chi connectivity index (χ4n) is 11.9. The number of carbonyl (C=O) groups excluding carboxylic acids is 7. The Morgan fingerprint density at radius 3 is 0.588 bits per heavy atom. The molecule has 0 saturated heterocycles. The number of hydrogen-bond donors (Lipinski definition) is 0. The number of carbonyl (C=O) groups is 7. The van der Waals surface area contributed by atoms with Gasteiger partial charge in [0.1, 0.15) is 0 Å². The Balaban J connectivity index is 0.00000299. The molecule has 15 heterocycles. The number of aryl methyl sites for hydroxylation is 1. The molecule has 0 amide bonds. The second-order valence-electron chi connectivity index (χ2n) is 21.3. The minimum absolute atomic E-state index is 0. The van der Waals surface area contributed by atoms with Gasteiger partial charge >= 0.3 is 51.2 Å². The minimum Gasteiger partial charge on any atom is -0.657 e. The quantitative estimate of drug-likeness (QED) is 0.178.